The molecule has 1 aromatic rings. The molecule has 0 aliphatic carbocycles. The molecule has 0 radical (unpaired) electrons. The monoisotopic (exact) mass is 212 g/mol. The third-order valence-electron chi connectivity index (χ3n) is 1.64. The van der Waals surface area contributed by atoms with Crippen molar-refractivity contribution in [3.63, 3.8) is 0 Å². The van der Waals surface area contributed by atoms with Gasteiger partial charge in [-0.25, -0.2) is 9.59 Å². The summed E-state index contributed by atoms with van der Waals surface area (Å²) in [5.74, 6) is -2.85. The minimum Gasteiger partial charge on any atom is -0.477 e. The number of rotatable bonds is 3. The second-order valence-electron chi connectivity index (χ2n) is 2.64. The third-order valence-corrected chi connectivity index (χ3v) is 2.60. The van der Waals surface area contributed by atoms with Gasteiger partial charge in [-0.2, -0.15) is 0 Å². The first kappa shape index (κ1) is 10.5. The van der Waals surface area contributed by atoms with Gasteiger partial charge in [-0.05, 0) is 30.0 Å². The smallest absolute Gasteiger partial charge is 0.343 e. The van der Waals surface area contributed by atoms with Crippen LogP contribution in [0, 0.1) is 6.92 Å². The van der Waals surface area contributed by atoms with Crippen molar-refractivity contribution < 1.29 is 19.8 Å². The predicted octanol–water partition coefficient (Wildman–Crippen LogP) is 1.61. The highest BCUT2D eigenvalue weighted by atomic mass is 32.1. The SMILES string of the molecule is Cc1ccsc1C=C(C(=O)O)C(=O)O. The van der Waals surface area contributed by atoms with Gasteiger partial charge in [0, 0.05) is 4.88 Å². The van der Waals surface area contributed by atoms with E-state index in [2.05, 4.69) is 0 Å². The summed E-state index contributed by atoms with van der Waals surface area (Å²) in [5, 5.41) is 19.0. The van der Waals surface area contributed by atoms with Crippen LogP contribution in [0.3, 0.4) is 0 Å². The summed E-state index contributed by atoms with van der Waals surface area (Å²) in [6.45, 7) is 1.80. The second-order valence-corrected chi connectivity index (χ2v) is 3.58. The summed E-state index contributed by atoms with van der Waals surface area (Å²) in [6.07, 6.45) is 1.17. The molecule has 0 spiro atoms. The highest BCUT2D eigenvalue weighted by Crippen LogP contribution is 2.19. The molecule has 0 fully saturated rings. The number of thiophene rings is 1. The topological polar surface area (TPSA) is 74.6 Å². The quantitative estimate of drug-likeness (QED) is 0.453. The molecule has 1 rings (SSSR count). The van der Waals surface area contributed by atoms with Gasteiger partial charge < -0.3 is 10.2 Å². The van der Waals surface area contributed by atoms with Crippen LogP contribution in [0.15, 0.2) is 17.0 Å². The molecular weight excluding hydrogens is 204 g/mol. The Labute approximate surface area is 84.1 Å². The van der Waals surface area contributed by atoms with Crippen LogP contribution in [0.25, 0.3) is 6.08 Å². The van der Waals surface area contributed by atoms with Crippen molar-refractivity contribution >= 4 is 29.4 Å². The average molecular weight is 212 g/mol. The Hall–Kier alpha value is -1.62. The Morgan fingerprint density at radius 1 is 1.36 bits per heavy atom. The van der Waals surface area contributed by atoms with Crippen LogP contribution in [-0.4, -0.2) is 22.2 Å². The van der Waals surface area contributed by atoms with Gasteiger partial charge >= 0.3 is 11.9 Å². The van der Waals surface area contributed by atoms with E-state index in [-0.39, 0.29) is 0 Å². The largest absolute Gasteiger partial charge is 0.477 e. The van der Waals surface area contributed by atoms with Gasteiger partial charge in [-0.15, -0.1) is 11.3 Å². The first-order chi connectivity index (χ1) is 6.52. The van der Waals surface area contributed by atoms with E-state index < -0.39 is 17.5 Å². The fourth-order valence-electron chi connectivity index (χ4n) is 0.878. The summed E-state index contributed by atoms with van der Waals surface area (Å²) in [5.41, 5.74) is 0.255. The number of aliphatic carboxylic acids is 2. The zero-order valence-corrected chi connectivity index (χ0v) is 8.17. The van der Waals surface area contributed by atoms with Crippen molar-refractivity contribution in [2.75, 3.05) is 0 Å². The molecular formula is C9H8O4S. The molecule has 0 saturated carbocycles. The number of hydrogen-bond donors (Lipinski definition) is 2. The number of hydrogen-bond acceptors (Lipinski definition) is 3. The van der Waals surface area contributed by atoms with Crippen LogP contribution >= 0.6 is 11.3 Å². The number of carboxylic acid groups (broad SMARTS) is 2. The first-order valence-corrected chi connectivity index (χ1v) is 4.62. The van der Waals surface area contributed by atoms with E-state index >= 15 is 0 Å². The lowest BCUT2D eigenvalue weighted by Gasteiger charge is -1.94. The maximum absolute atomic E-state index is 10.5. The van der Waals surface area contributed by atoms with Gasteiger partial charge in [-0.3, -0.25) is 0 Å². The molecule has 74 valence electrons. The van der Waals surface area contributed by atoms with Crippen LogP contribution in [0.2, 0.25) is 0 Å². The van der Waals surface area contributed by atoms with Crippen molar-refractivity contribution in [1.82, 2.24) is 0 Å². The summed E-state index contributed by atoms with van der Waals surface area (Å²) in [7, 11) is 0. The highest BCUT2D eigenvalue weighted by molar-refractivity contribution is 7.11. The minimum absolute atomic E-state index is 0.615. The van der Waals surface area contributed by atoms with Gasteiger partial charge in [0.15, 0.2) is 0 Å². The average Bonchev–Trinajstić information content (AvgIpc) is 2.46. The van der Waals surface area contributed by atoms with E-state index in [9.17, 15) is 9.59 Å². The van der Waals surface area contributed by atoms with Gasteiger partial charge in [0.25, 0.3) is 0 Å². The molecule has 0 saturated heterocycles. The summed E-state index contributed by atoms with van der Waals surface area (Å²) >= 11 is 1.31. The zero-order valence-electron chi connectivity index (χ0n) is 7.35. The van der Waals surface area contributed by atoms with E-state index in [4.69, 9.17) is 10.2 Å². The Bertz CT molecular complexity index is 387. The van der Waals surface area contributed by atoms with Crippen LogP contribution in [0.1, 0.15) is 10.4 Å². The van der Waals surface area contributed by atoms with Crippen LogP contribution in [0.4, 0.5) is 0 Å². The van der Waals surface area contributed by atoms with Crippen molar-refractivity contribution in [3.05, 3.63) is 27.5 Å². The minimum atomic E-state index is -1.43. The summed E-state index contributed by atoms with van der Waals surface area (Å²) in [4.78, 5) is 21.7. The molecule has 14 heavy (non-hydrogen) atoms. The van der Waals surface area contributed by atoms with Crippen LogP contribution in [0.5, 0.6) is 0 Å². The van der Waals surface area contributed by atoms with E-state index in [0.717, 1.165) is 5.56 Å². The molecule has 0 aromatic carbocycles. The zero-order chi connectivity index (χ0) is 10.7. The van der Waals surface area contributed by atoms with Crippen molar-refractivity contribution in [2.24, 2.45) is 0 Å². The van der Waals surface area contributed by atoms with Crippen LogP contribution in [-0.2, 0) is 9.59 Å². The maximum Gasteiger partial charge on any atom is 0.343 e. The van der Waals surface area contributed by atoms with E-state index in [0.29, 0.717) is 4.88 Å². The number of carboxylic acids is 2. The molecule has 2 N–H and O–H groups in total. The second kappa shape index (κ2) is 4.06. The Kier molecular flexibility index (Phi) is 3.03. The predicted molar refractivity (Wildman–Crippen MR) is 52.3 cm³/mol. The number of aryl methyl sites for hydroxylation is 1. The van der Waals surface area contributed by atoms with E-state index in [1.54, 1.807) is 18.4 Å². The lowest BCUT2D eigenvalue weighted by Crippen LogP contribution is -2.10. The third kappa shape index (κ3) is 2.20. The Balaban J connectivity index is 3.12. The molecule has 0 unspecified atom stereocenters. The summed E-state index contributed by atoms with van der Waals surface area (Å²) < 4.78 is 0. The number of carbonyl (C=O) groups is 2. The van der Waals surface area contributed by atoms with Crippen molar-refractivity contribution in [1.29, 1.82) is 0 Å². The molecule has 0 atom stereocenters. The van der Waals surface area contributed by atoms with Crippen LogP contribution < -0.4 is 0 Å². The molecule has 5 heteroatoms. The van der Waals surface area contributed by atoms with Gasteiger partial charge in [0.1, 0.15) is 5.57 Å². The van der Waals surface area contributed by atoms with Gasteiger partial charge in [0.2, 0.25) is 0 Å². The summed E-state index contributed by atoms with van der Waals surface area (Å²) in [6, 6.07) is 1.80. The fourth-order valence-corrected chi connectivity index (χ4v) is 1.74. The lowest BCUT2D eigenvalue weighted by atomic mass is 10.2. The normalized spacial score (nSPS) is 9.50. The van der Waals surface area contributed by atoms with E-state index in [1.165, 1.54) is 17.4 Å². The molecule has 1 heterocycles. The fraction of sp³-hybridized carbons (Fsp3) is 0.111. The molecule has 0 amide bonds. The standard InChI is InChI=1S/C9H8O4S/c1-5-2-3-14-7(5)4-6(8(10)11)9(12)13/h2-4H,1H3,(H,10,11)(H,12,13). The van der Waals surface area contributed by atoms with Crippen molar-refractivity contribution in [2.45, 2.75) is 6.92 Å². The van der Waals surface area contributed by atoms with E-state index in [1.807, 2.05) is 0 Å². The highest BCUT2D eigenvalue weighted by Gasteiger charge is 2.16. The first-order valence-electron chi connectivity index (χ1n) is 3.74. The molecule has 0 bridgehead atoms. The molecule has 4 nitrogen and oxygen atoms in total. The molecule has 1 aromatic heterocycles. The van der Waals surface area contributed by atoms with Gasteiger partial charge in [0.05, 0.1) is 0 Å². The molecule has 0 aliphatic rings. The lowest BCUT2D eigenvalue weighted by molar-refractivity contribution is -0.139. The maximum atomic E-state index is 10.5. The van der Waals surface area contributed by atoms with Gasteiger partial charge in [-0.1, -0.05) is 0 Å². The molecule has 0 aliphatic heterocycles. The van der Waals surface area contributed by atoms with Crippen molar-refractivity contribution in [3.8, 4) is 0 Å². The Morgan fingerprint density at radius 3 is 2.29 bits per heavy atom. The Morgan fingerprint density at radius 2 is 1.93 bits per heavy atom.